The van der Waals surface area contributed by atoms with Crippen molar-refractivity contribution in [3.63, 3.8) is 0 Å². The molecule has 2 saturated carbocycles. The Balaban J connectivity index is 0.000000399. The third-order valence-electron chi connectivity index (χ3n) is 8.62. The van der Waals surface area contributed by atoms with Crippen LogP contribution in [0.3, 0.4) is 0 Å². The van der Waals surface area contributed by atoms with Crippen molar-refractivity contribution in [2.24, 2.45) is 59.2 Å². The van der Waals surface area contributed by atoms with E-state index in [4.69, 9.17) is 0 Å². The maximum Gasteiger partial charge on any atom is -0.0360 e. The molecule has 2 aliphatic carbocycles. The Morgan fingerprint density at radius 2 is 0.520 bits per heavy atom. The molecular formula is C25H52. The third-order valence-corrected chi connectivity index (χ3v) is 8.62. The van der Waals surface area contributed by atoms with E-state index in [0.717, 1.165) is 59.2 Å². The highest BCUT2D eigenvalue weighted by Gasteiger charge is 2.40. The second kappa shape index (κ2) is 11.7. The van der Waals surface area contributed by atoms with Gasteiger partial charge in [0.2, 0.25) is 0 Å². The zero-order valence-electron chi connectivity index (χ0n) is 19.9. The molecule has 0 radical (unpaired) electrons. The van der Waals surface area contributed by atoms with Crippen molar-refractivity contribution >= 4 is 0 Å². The van der Waals surface area contributed by atoms with E-state index >= 15 is 0 Å². The summed E-state index contributed by atoms with van der Waals surface area (Å²) in [6, 6.07) is 0. The Bertz CT molecular complexity index is 273. The van der Waals surface area contributed by atoms with Gasteiger partial charge in [0.15, 0.2) is 0 Å². The first kappa shape index (κ1) is 25.0. The van der Waals surface area contributed by atoms with E-state index in [9.17, 15) is 0 Å². The molecule has 2 fully saturated rings. The van der Waals surface area contributed by atoms with E-state index < -0.39 is 0 Å². The molecule has 2 rings (SSSR count). The van der Waals surface area contributed by atoms with Crippen LogP contribution in [0.2, 0.25) is 0 Å². The molecule has 25 heavy (non-hydrogen) atoms. The zero-order valence-corrected chi connectivity index (χ0v) is 19.9. The third kappa shape index (κ3) is 6.00. The fraction of sp³-hybridized carbons (Fsp3) is 1.00. The average Bonchev–Trinajstić information content (AvgIpc) is 2.89. The van der Waals surface area contributed by atoms with Crippen LogP contribution in [0.1, 0.15) is 102 Å². The van der Waals surface area contributed by atoms with Crippen molar-refractivity contribution in [1.29, 1.82) is 0 Å². The maximum atomic E-state index is 2.43. The lowest BCUT2D eigenvalue weighted by molar-refractivity contribution is 0.311. The van der Waals surface area contributed by atoms with Crippen LogP contribution in [-0.2, 0) is 0 Å². The smallest absolute Gasteiger partial charge is 0.0360 e. The number of hydrogen-bond donors (Lipinski definition) is 0. The fourth-order valence-electron chi connectivity index (χ4n) is 5.92. The molecule has 0 N–H and O–H groups in total. The standard InChI is InChI=1S/2C11H22.C3H8/c2*1-6-11-9(4)7(2)8(3)10(11)5;1-3-2/h2*7-11H,6H2,1-5H3;3H2,1-2H3. The summed E-state index contributed by atoms with van der Waals surface area (Å²) in [5.74, 6) is 9.53. The SMILES string of the molecule is CCC.CCC1C(C)C(C)C(C)C1C.CCC1C(C)C(C)C(C)C1C. The summed E-state index contributed by atoms with van der Waals surface area (Å²) in [6.07, 6.45) is 3.99. The summed E-state index contributed by atoms with van der Waals surface area (Å²) in [4.78, 5) is 0. The second-order valence-corrected chi connectivity index (χ2v) is 9.72. The van der Waals surface area contributed by atoms with Crippen LogP contribution in [-0.4, -0.2) is 0 Å². The summed E-state index contributed by atoms with van der Waals surface area (Å²) < 4.78 is 0. The van der Waals surface area contributed by atoms with E-state index in [1.54, 1.807) is 0 Å². The van der Waals surface area contributed by atoms with Crippen molar-refractivity contribution in [3.05, 3.63) is 0 Å². The van der Waals surface area contributed by atoms with Gasteiger partial charge in [-0.25, -0.2) is 0 Å². The van der Waals surface area contributed by atoms with Gasteiger partial charge in [-0.1, -0.05) is 102 Å². The van der Waals surface area contributed by atoms with Gasteiger partial charge in [-0.2, -0.15) is 0 Å². The molecule has 0 saturated heterocycles. The van der Waals surface area contributed by atoms with Gasteiger partial charge in [0.1, 0.15) is 0 Å². The normalized spacial score (nSPS) is 46.1. The predicted molar refractivity (Wildman–Crippen MR) is 117 cm³/mol. The van der Waals surface area contributed by atoms with Crippen LogP contribution >= 0.6 is 0 Å². The lowest BCUT2D eigenvalue weighted by Gasteiger charge is -2.18. The largest absolute Gasteiger partial charge is 0.0656 e. The molecule has 0 aromatic carbocycles. The van der Waals surface area contributed by atoms with Gasteiger partial charge in [-0.15, -0.1) is 0 Å². The van der Waals surface area contributed by atoms with Crippen LogP contribution in [0.5, 0.6) is 0 Å². The van der Waals surface area contributed by atoms with Gasteiger partial charge < -0.3 is 0 Å². The molecule has 0 heterocycles. The molecule has 0 bridgehead atoms. The van der Waals surface area contributed by atoms with Gasteiger partial charge in [0.05, 0.1) is 0 Å². The van der Waals surface area contributed by atoms with Crippen LogP contribution in [0.25, 0.3) is 0 Å². The highest BCUT2D eigenvalue weighted by molar-refractivity contribution is 4.89. The Hall–Kier alpha value is 0. The van der Waals surface area contributed by atoms with Gasteiger partial charge >= 0.3 is 0 Å². The highest BCUT2D eigenvalue weighted by Crippen LogP contribution is 2.47. The molecule has 0 nitrogen and oxygen atoms in total. The summed E-state index contributed by atoms with van der Waals surface area (Å²) in [7, 11) is 0. The van der Waals surface area contributed by atoms with Crippen molar-refractivity contribution in [2.45, 2.75) is 102 Å². The van der Waals surface area contributed by atoms with Crippen LogP contribution in [0.4, 0.5) is 0 Å². The molecule has 0 aromatic heterocycles. The van der Waals surface area contributed by atoms with E-state index in [2.05, 4.69) is 83.1 Å². The Kier molecular flexibility index (Phi) is 11.7. The summed E-state index contributed by atoms with van der Waals surface area (Å²) in [5.41, 5.74) is 0. The lowest BCUT2D eigenvalue weighted by atomic mass is 9.87. The molecule has 152 valence electrons. The van der Waals surface area contributed by atoms with Crippen molar-refractivity contribution < 1.29 is 0 Å². The molecule has 0 spiro atoms. The summed E-state index contributed by atoms with van der Waals surface area (Å²) in [5, 5.41) is 0. The zero-order chi connectivity index (χ0) is 19.9. The summed E-state index contributed by atoms with van der Waals surface area (Å²) in [6.45, 7) is 28.3. The van der Waals surface area contributed by atoms with Crippen molar-refractivity contribution in [2.75, 3.05) is 0 Å². The summed E-state index contributed by atoms with van der Waals surface area (Å²) >= 11 is 0. The second-order valence-electron chi connectivity index (χ2n) is 9.72. The van der Waals surface area contributed by atoms with Crippen molar-refractivity contribution in [1.82, 2.24) is 0 Å². The van der Waals surface area contributed by atoms with Gasteiger partial charge in [-0.05, 0) is 59.2 Å². The van der Waals surface area contributed by atoms with Gasteiger partial charge in [-0.3, -0.25) is 0 Å². The van der Waals surface area contributed by atoms with Crippen LogP contribution in [0.15, 0.2) is 0 Å². The van der Waals surface area contributed by atoms with E-state index in [1.807, 2.05) is 0 Å². The van der Waals surface area contributed by atoms with Gasteiger partial charge in [0.25, 0.3) is 0 Å². The number of rotatable bonds is 2. The minimum absolute atomic E-state index is 0.940. The van der Waals surface area contributed by atoms with Gasteiger partial charge in [0, 0.05) is 0 Å². The minimum Gasteiger partial charge on any atom is -0.0656 e. The lowest BCUT2D eigenvalue weighted by Crippen LogP contribution is -2.11. The first-order valence-corrected chi connectivity index (χ1v) is 11.6. The molecule has 8 atom stereocenters. The number of hydrogen-bond acceptors (Lipinski definition) is 0. The Morgan fingerprint density at radius 3 is 0.600 bits per heavy atom. The molecule has 0 amide bonds. The molecule has 0 aliphatic heterocycles. The first-order chi connectivity index (χ1) is 11.6. The maximum absolute atomic E-state index is 2.43. The molecular weight excluding hydrogens is 300 g/mol. The van der Waals surface area contributed by atoms with Crippen molar-refractivity contribution in [3.8, 4) is 0 Å². The Labute approximate surface area is 161 Å². The predicted octanol–water partition coefficient (Wildman–Crippen LogP) is 8.56. The Morgan fingerprint density at radius 1 is 0.360 bits per heavy atom. The van der Waals surface area contributed by atoms with E-state index in [1.165, 1.54) is 19.3 Å². The molecule has 8 unspecified atom stereocenters. The molecule has 0 aromatic rings. The average molecular weight is 353 g/mol. The van der Waals surface area contributed by atoms with Crippen LogP contribution in [0, 0.1) is 59.2 Å². The molecule has 0 heteroatoms. The first-order valence-electron chi connectivity index (χ1n) is 11.6. The van der Waals surface area contributed by atoms with E-state index in [-0.39, 0.29) is 0 Å². The topological polar surface area (TPSA) is 0 Å². The molecule has 2 aliphatic rings. The highest BCUT2D eigenvalue weighted by atomic mass is 14.5. The fourth-order valence-corrected chi connectivity index (χ4v) is 5.92. The minimum atomic E-state index is 0.940. The van der Waals surface area contributed by atoms with Crippen LogP contribution < -0.4 is 0 Å². The van der Waals surface area contributed by atoms with E-state index in [0.29, 0.717) is 0 Å². The quantitative estimate of drug-likeness (QED) is 0.467. The monoisotopic (exact) mass is 352 g/mol.